The Kier molecular flexibility index (Phi) is 5.74. The van der Waals surface area contributed by atoms with Crippen LogP contribution in [0.1, 0.15) is 24.8 Å². The Hall–Kier alpha value is -1.92. The number of para-hydroxylation sites is 1. The fraction of sp³-hybridized carbons (Fsp3) is 0.619. The first kappa shape index (κ1) is 18.4. The molecule has 0 aliphatic carbocycles. The maximum atomic E-state index is 13.0. The Morgan fingerprint density at radius 3 is 2.52 bits per heavy atom. The molecule has 0 radical (unpaired) electrons. The average molecular weight is 370 g/mol. The number of hydrogen-bond acceptors (Lipinski definition) is 4. The fourth-order valence-electron chi connectivity index (χ4n) is 4.52. The number of carbonyl (C=O) groups excluding carboxylic acids is 2. The molecule has 0 aromatic heterocycles. The molecule has 1 N–H and O–H groups in total. The van der Waals surface area contributed by atoms with Gasteiger partial charge in [-0.25, -0.2) is 0 Å². The van der Waals surface area contributed by atoms with Crippen LogP contribution in [0.4, 0.5) is 5.69 Å². The molecule has 27 heavy (non-hydrogen) atoms. The maximum absolute atomic E-state index is 13.0. The Morgan fingerprint density at radius 2 is 1.74 bits per heavy atom. The Labute approximate surface area is 161 Å². The highest BCUT2D eigenvalue weighted by atomic mass is 16.2. The molecule has 0 saturated carbocycles. The third-order valence-electron chi connectivity index (χ3n) is 6.20. The van der Waals surface area contributed by atoms with Gasteiger partial charge in [-0.2, -0.15) is 0 Å². The van der Waals surface area contributed by atoms with Crippen molar-refractivity contribution < 1.29 is 9.59 Å². The molecule has 1 aromatic rings. The number of piperazine rings is 1. The van der Waals surface area contributed by atoms with Crippen molar-refractivity contribution in [1.29, 1.82) is 0 Å². The van der Waals surface area contributed by atoms with Gasteiger partial charge in [0.1, 0.15) is 0 Å². The standard InChI is InChI=1S/C21H30N4O2/c26-20(24-15-9-22-10-16-24)8-13-23-11-5-18(6-12-23)21(27)25-14-7-17-3-1-2-4-19(17)25/h1-4,18,22H,5-16H2. The van der Waals surface area contributed by atoms with E-state index in [2.05, 4.69) is 22.3 Å². The molecular formula is C21H30N4O2. The fourth-order valence-corrected chi connectivity index (χ4v) is 4.52. The van der Waals surface area contributed by atoms with Crippen LogP contribution < -0.4 is 10.2 Å². The minimum absolute atomic E-state index is 0.122. The van der Waals surface area contributed by atoms with Gasteiger partial charge >= 0.3 is 0 Å². The van der Waals surface area contributed by atoms with Crippen LogP contribution in [-0.2, 0) is 16.0 Å². The summed E-state index contributed by atoms with van der Waals surface area (Å²) in [4.78, 5) is 31.6. The first-order valence-electron chi connectivity index (χ1n) is 10.3. The van der Waals surface area contributed by atoms with Crippen LogP contribution in [0.5, 0.6) is 0 Å². The number of fused-ring (bicyclic) bond motifs is 1. The maximum Gasteiger partial charge on any atom is 0.230 e. The summed E-state index contributed by atoms with van der Waals surface area (Å²) in [7, 11) is 0. The molecule has 6 nitrogen and oxygen atoms in total. The van der Waals surface area contributed by atoms with E-state index in [4.69, 9.17) is 0 Å². The molecule has 2 fully saturated rings. The van der Waals surface area contributed by atoms with Crippen molar-refractivity contribution in [2.45, 2.75) is 25.7 Å². The number of hydrogen-bond donors (Lipinski definition) is 1. The van der Waals surface area contributed by atoms with Crippen LogP contribution >= 0.6 is 0 Å². The molecule has 2 saturated heterocycles. The van der Waals surface area contributed by atoms with Gasteiger partial charge in [0.2, 0.25) is 11.8 Å². The molecule has 4 rings (SSSR count). The Bertz CT molecular complexity index is 679. The highest BCUT2D eigenvalue weighted by Crippen LogP contribution is 2.31. The predicted molar refractivity (Wildman–Crippen MR) is 106 cm³/mol. The summed E-state index contributed by atoms with van der Waals surface area (Å²) in [5.41, 5.74) is 2.39. The van der Waals surface area contributed by atoms with Crippen LogP contribution in [0.15, 0.2) is 24.3 Å². The van der Waals surface area contributed by atoms with Gasteiger partial charge in [-0.15, -0.1) is 0 Å². The lowest BCUT2D eigenvalue weighted by molar-refractivity contribution is -0.132. The number of piperidine rings is 1. The van der Waals surface area contributed by atoms with Crippen molar-refractivity contribution in [1.82, 2.24) is 15.1 Å². The zero-order valence-electron chi connectivity index (χ0n) is 16.0. The van der Waals surface area contributed by atoms with Crippen molar-refractivity contribution in [3.05, 3.63) is 29.8 Å². The van der Waals surface area contributed by atoms with Gasteiger partial charge in [0.25, 0.3) is 0 Å². The third-order valence-corrected chi connectivity index (χ3v) is 6.20. The summed E-state index contributed by atoms with van der Waals surface area (Å²) in [6.07, 6.45) is 3.37. The average Bonchev–Trinajstić information content (AvgIpc) is 3.16. The minimum atomic E-state index is 0.122. The van der Waals surface area contributed by atoms with Crippen LogP contribution in [-0.4, -0.2) is 74.0 Å². The Balaban J connectivity index is 1.23. The number of benzene rings is 1. The van der Waals surface area contributed by atoms with Crippen LogP contribution in [0, 0.1) is 5.92 Å². The summed E-state index contributed by atoms with van der Waals surface area (Å²) in [6, 6.07) is 8.26. The molecule has 146 valence electrons. The van der Waals surface area contributed by atoms with E-state index in [0.29, 0.717) is 6.42 Å². The molecule has 3 aliphatic heterocycles. The lowest BCUT2D eigenvalue weighted by atomic mass is 9.95. The van der Waals surface area contributed by atoms with E-state index >= 15 is 0 Å². The van der Waals surface area contributed by atoms with Gasteiger partial charge in [-0.3, -0.25) is 9.59 Å². The van der Waals surface area contributed by atoms with Crippen LogP contribution in [0.3, 0.4) is 0 Å². The highest BCUT2D eigenvalue weighted by Gasteiger charge is 2.32. The van der Waals surface area contributed by atoms with E-state index in [0.717, 1.165) is 77.3 Å². The summed E-state index contributed by atoms with van der Waals surface area (Å²) < 4.78 is 0. The predicted octanol–water partition coefficient (Wildman–Crippen LogP) is 1.11. The minimum Gasteiger partial charge on any atom is -0.340 e. The first-order chi connectivity index (χ1) is 13.2. The molecule has 0 atom stereocenters. The number of rotatable bonds is 4. The van der Waals surface area contributed by atoms with Gasteiger partial charge in [-0.05, 0) is 44.0 Å². The lowest BCUT2D eigenvalue weighted by Gasteiger charge is -2.34. The summed E-state index contributed by atoms with van der Waals surface area (Å²) in [5, 5.41) is 3.28. The number of likely N-dealkylation sites (tertiary alicyclic amines) is 1. The molecule has 0 spiro atoms. The van der Waals surface area contributed by atoms with Crippen LogP contribution in [0.25, 0.3) is 0 Å². The van der Waals surface area contributed by atoms with E-state index in [9.17, 15) is 9.59 Å². The van der Waals surface area contributed by atoms with Gasteiger partial charge in [0.05, 0.1) is 0 Å². The lowest BCUT2D eigenvalue weighted by Crippen LogP contribution is -2.47. The Morgan fingerprint density at radius 1 is 1.00 bits per heavy atom. The molecule has 0 bridgehead atoms. The highest BCUT2D eigenvalue weighted by molar-refractivity contribution is 5.97. The molecule has 3 aliphatic rings. The van der Waals surface area contributed by atoms with E-state index in [-0.39, 0.29) is 17.7 Å². The number of carbonyl (C=O) groups is 2. The van der Waals surface area contributed by atoms with E-state index in [1.54, 1.807) is 0 Å². The van der Waals surface area contributed by atoms with Gasteiger partial charge in [0, 0.05) is 57.3 Å². The second-order valence-electron chi connectivity index (χ2n) is 7.87. The molecular weight excluding hydrogens is 340 g/mol. The molecule has 3 heterocycles. The third kappa shape index (κ3) is 4.17. The number of amides is 2. The van der Waals surface area contributed by atoms with Crippen molar-refractivity contribution in [2.24, 2.45) is 5.92 Å². The van der Waals surface area contributed by atoms with Crippen molar-refractivity contribution in [3.8, 4) is 0 Å². The normalized spacial score (nSPS) is 21.3. The second-order valence-corrected chi connectivity index (χ2v) is 7.87. The molecule has 0 unspecified atom stereocenters. The summed E-state index contributed by atoms with van der Waals surface area (Å²) in [6.45, 7) is 6.92. The van der Waals surface area contributed by atoms with Crippen molar-refractivity contribution >= 4 is 17.5 Å². The summed E-state index contributed by atoms with van der Waals surface area (Å²) in [5.74, 6) is 0.677. The first-order valence-corrected chi connectivity index (χ1v) is 10.3. The van der Waals surface area contributed by atoms with Gasteiger partial charge < -0.3 is 20.0 Å². The quantitative estimate of drug-likeness (QED) is 0.863. The second kappa shape index (κ2) is 8.40. The van der Waals surface area contributed by atoms with Crippen LogP contribution in [0.2, 0.25) is 0 Å². The topological polar surface area (TPSA) is 55.9 Å². The number of nitrogens with one attached hydrogen (secondary N) is 1. The molecule has 1 aromatic carbocycles. The van der Waals surface area contributed by atoms with E-state index in [1.807, 2.05) is 21.9 Å². The molecule has 6 heteroatoms. The molecule has 2 amide bonds. The zero-order chi connectivity index (χ0) is 18.6. The monoisotopic (exact) mass is 370 g/mol. The number of nitrogens with zero attached hydrogens (tertiary/aromatic N) is 3. The van der Waals surface area contributed by atoms with Gasteiger partial charge in [-0.1, -0.05) is 18.2 Å². The van der Waals surface area contributed by atoms with Crippen molar-refractivity contribution in [2.75, 3.05) is 57.3 Å². The smallest absolute Gasteiger partial charge is 0.230 e. The summed E-state index contributed by atoms with van der Waals surface area (Å²) >= 11 is 0. The van der Waals surface area contributed by atoms with E-state index in [1.165, 1.54) is 5.56 Å². The number of anilines is 1. The SMILES string of the molecule is O=C(CCN1CCC(C(=O)N2CCc3ccccc32)CC1)N1CCNCC1. The van der Waals surface area contributed by atoms with E-state index < -0.39 is 0 Å². The largest absolute Gasteiger partial charge is 0.340 e. The zero-order valence-corrected chi connectivity index (χ0v) is 16.0. The van der Waals surface area contributed by atoms with Gasteiger partial charge in [0.15, 0.2) is 0 Å². The van der Waals surface area contributed by atoms with Crippen molar-refractivity contribution in [3.63, 3.8) is 0 Å².